The van der Waals surface area contributed by atoms with Crippen molar-refractivity contribution in [3.63, 3.8) is 0 Å². The average Bonchev–Trinajstić information content (AvgIpc) is 0.811. The molecular weight excluding hydrogens is 83.0 g/mol. The number of rotatable bonds is 0. The van der Waals surface area contributed by atoms with Crippen LogP contribution in [-0.4, -0.2) is 40.6 Å². The van der Waals surface area contributed by atoms with Gasteiger partial charge in [0.2, 0.25) is 0 Å². The molecule has 2 nitrogen and oxygen atoms in total. The van der Waals surface area contributed by atoms with Crippen molar-refractivity contribution in [1.29, 1.82) is 0 Å². The van der Waals surface area contributed by atoms with Gasteiger partial charge in [-0.15, -0.1) is 0 Å². The van der Waals surface area contributed by atoms with Gasteiger partial charge >= 0.3 is 0 Å². The van der Waals surface area contributed by atoms with Gasteiger partial charge in [0.25, 0.3) is 5.97 Å². The molecule has 0 heterocycles. The summed E-state index contributed by atoms with van der Waals surface area (Å²) in [7, 11) is 0. The molecule has 0 aliphatic carbocycles. The van der Waals surface area contributed by atoms with Crippen molar-refractivity contribution in [2.45, 2.75) is 6.92 Å². The Morgan fingerprint density at radius 3 is 1.80 bits per heavy atom. The van der Waals surface area contributed by atoms with E-state index >= 15 is 0 Å². The maximum atomic E-state index is 9.00. The fourth-order valence-corrected chi connectivity index (χ4v) is 0. The first kappa shape index (κ1) is 9.08. The van der Waals surface area contributed by atoms with Gasteiger partial charge in [-0.1, -0.05) is 0 Å². The summed E-state index contributed by atoms with van der Waals surface area (Å²) in [4.78, 5) is 9.00. The normalized spacial score (nSPS) is 5.00. The topological polar surface area (TPSA) is 37.3 Å². The van der Waals surface area contributed by atoms with E-state index in [1.807, 2.05) is 0 Å². The molecule has 0 aromatic heterocycles. The van der Waals surface area contributed by atoms with E-state index in [0.717, 1.165) is 6.92 Å². The van der Waals surface area contributed by atoms with Crippen LogP contribution in [0.4, 0.5) is 0 Å². The Hall–Kier alpha value is 0.470. The minimum Gasteiger partial charge on any atom is -0.481 e. The van der Waals surface area contributed by atoms with Crippen molar-refractivity contribution in [3.8, 4) is 0 Å². The molecule has 1 N–H and O–H groups in total. The van der Waals surface area contributed by atoms with Gasteiger partial charge in [-0.3, -0.25) is 4.79 Å². The van der Waals surface area contributed by atoms with Crippen molar-refractivity contribution in [3.05, 3.63) is 0 Å². The second-order valence-electron chi connectivity index (χ2n) is 0.519. The molecule has 0 bridgehead atoms. The molecule has 0 aliphatic rings. The van der Waals surface area contributed by atoms with Gasteiger partial charge < -0.3 is 5.11 Å². The summed E-state index contributed by atoms with van der Waals surface area (Å²) >= 11 is 0. The van der Waals surface area contributed by atoms with Crippen molar-refractivity contribution in [2.24, 2.45) is 0 Å². The van der Waals surface area contributed by atoms with E-state index < -0.39 is 5.97 Å². The molecule has 0 aromatic carbocycles. The molecule has 0 rings (SSSR count). The number of carboxylic acid groups (broad SMARTS) is 1. The number of hydrogen-bond donors (Lipinski definition) is 1. The summed E-state index contributed by atoms with van der Waals surface area (Å²) in [6.45, 7) is 1.08. The van der Waals surface area contributed by atoms with Gasteiger partial charge in [0.1, 0.15) is 0 Å². The van der Waals surface area contributed by atoms with Gasteiger partial charge in [-0.25, -0.2) is 0 Å². The second kappa shape index (κ2) is 4.47. The van der Waals surface area contributed by atoms with Gasteiger partial charge in [-0.05, 0) is 0 Å². The molecule has 0 aromatic rings. The van der Waals surface area contributed by atoms with Gasteiger partial charge in [-0.2, -0.15) is 0 Å². The van der Waals surface area contributed by atoms with Crippen LogP contribution in [0.5, 0.6) is 0 Å². The maximum Gasteiger partial charge on any atom is 0.300 e. The van der Waals surface area contributed by atoms with Crippen LogP contribution in [0.25, 0.3) is 0 Å². The summed E-state index contributed by atoms with van der Waals surface area (Å²) in [5, 5.41) is 7.42. The van der Waals surface area contributed by atoms with Crippen LogP contribution in [0, 0.1) is 0 Å². The van der Waals surface area contributed by atoms with E-state index in [1.54, 1.807) is 0 Å². The van der Waals surface area contributed by atoms with E-state index in [9.17, 15) is 0 Å². The maximum absolute atomic E-state index is 9.00. The van der Waals surface area contributed by atoms with E-state index in [-0.39, 0.29) is 29.6 Å². The van der Waals surface area contributed by atoms with Crippen molar-refractivity contribution in [1.82, 2.24) is 0 Å². The molecule has 1 radical (unpaired) electrons. The Labute approximate surface area is 52.5 Å². The van der Waals surface area contributed by atoms with E-state index in [0.29, 0.717) is 0 Å². The van der Waals surface area contributed by atoms with Gasteiger partial charge in [0, 0.05) is 36.5 Å². The summed E-state index contributed by atoms with van der Waals surface area (Å²) in [6.07, 6.45) is 0. The zero-order valence-electron chi connectivity index (χ0n) is 3.36. The molecule has 0 saturated heterocycles. The predicted molar refractivity (Wildman–Crippen MR) is 19.1 cm³/mol. The molecule has 0 atom stereocenters. The van der Waals surface area contributed by atoms with Crippen LogP contribution in [-0.2, 0) is 4.79 Å². The smallest absolute Gasteiger partial charge is 0.300 e. The first-order valence-electron chi connectivity index (χ1n) is 0.928. The third-order valence-corrected chi connectivity index (χ3v) is 0. The molecule has 25 valence electrons. The number of hydrogen-bond acceptors (Lipinski definition) is 1. The summed E-state index contributed by atoms with van der Waals surface area (Å²) in [6, 6.07) is 0. The van der Waals surface area contributed by atoms with Crippen LogP contribution in [0.2, 0.25) is 0 Å². The molecular formula is C2H4NaO2. The molecule has 5 heavy (non-hydrogen) atoms. The molecule has 0 saturated carbocycles. The van der Waals surface area contributed by atoms with E-state index in [4.69, 9.17) is 9.90 Å². The SMILES string of the molecule is [14CH3][14C](=O)O.[Na]. The molecule has 0 fully saturated rings. The third kappa shape index (κ3) is 123. The van der Waals surface area contributed by atoms with Crippen LogP contribution in [0.15, 0.2) is 0 Å². The summed E-state index contributed by atoms with van der Waals surface area (Å²) in [5.41, 5.74) is 0. The van der Waals surface area contributed by atoms with Gasteiger partial charge in [0.15, 0.2) is 0 Å². The van der Waals surface area contributed by atoms with E-state index in [2.05, 4.69) is 0 Å². The largest absolute Gasteiger partial charge is 0.481 e. The Bertz CT molecular complexity index is 30.6. The number of carboxylic acids is 1. The van der Waals surface area contributed by atoms with Crippen LogP contribution >= 0.6 is 0 Å². The van der Waals surface area contributed by atoms with Crippen LogP contribution in [0.3, 0.4) is 0 Å². The standard InChI is InChI=1S/C2H4O2.Na/c1-2(3)4;/h1H3,(H,3,4);/i1+2,2+2;. The van der Waals surface area contributed by atoms with Gasteiger partial charge in [0.05, 0.1) is 0 Å². The zero-order chi connectivity index (χ0) is 3.58. The summed E-state index contributed by atoms with van der Waals surface area (Å²) in [5.74, 6) is -0.833. The molecule has 0 unspecified atom stereocenters. The Kier molecular flexibility index (Phi) is 8.11. The Morgan fingerprint density at radius 2 is 1.80 bits per heavy atom. The summed E-state index contributed by atoms with van der Waals surface area (Å²) < 4.78 is 0. The second-order valence-corrected chi connectivity index (χ2v) is 0.519. The van der Waals surface area contributed by atoms with Crippen molar-refractivity contribution in [2.75, 3.05) is 0 Å². The molecule has 0 spiro atoms. The average molecular weight is 87.0 g/mol. The molecule has 0 amide bonds. The predicted octanol–water partition coefficient (Wildman–Crippen LogP) is -0.290. The minimum atomic E-state index is -0.833. The minimum absolute atomic E-state index is 0. The first-order chi connectivity index (χ1) is 1.73. The fraction of sp³-hybridized carbons (Fsp3) is 0.500. The quantitative estimate of drug-likeness (QED) is 0.412. The van der Waals surface area contributed by atoms with Crippen LogP contribution < -0.4 is 0 Å². The number of carbonyl (C=O) groups is 1. The van der Waals surface area contributed by atoms with Crippen LogP contribution in [0.1, 0.15) is 6.92 Å². The molecule has 3 heteroatoms. The number of aliphatic carboxylic acids is 1. The van der Waals surface area contributed by atoms with Crippen molar-refractivity contribution < 1.29 is 9.90 Å². The van der Waals surface area contributed by atoms with E-state index in [1.165, 1.54) is 0 Å². The monoisotopic (exact) mass is 87.0 g/mol. The Balaban J connectivity index is 0. The first-order valence-corrected chi connectivity index (χ1v) is 0.928. The fourth-order valence-electron chi connectivity index (χ4n) is 0. The van der Waals surface area contributed by atoms with Crippen molar-refractivity contribution >= 4 is 35.5 Å². The zero-order valence-corrected chi connectivity index (χ0v) is 5.36. The Morgan fingerprint density at radius 1 is 1.80 bits per heavy atom. The molecule has 0 aliphatic heterocycles. The third-order valence-electron chi connectivity index (χ3n) is 0.